The van der Waals surface area contributed by atoms with Crippen LogP contribution < -0.4 is 14.2 Å². The molecule has 0 spiro atoms. The molecule has 230 valence electrons. The van der Waals surface area contributed by atoms with Gasteiger partial charge in [0.1, 0.15) is 28.6 Å². The van der Waals surface area contributed by atoms with Crippen LogP contribution in [0.5, 0.6) is 23.0 Å². The lowest BCUT2D eigenvalue weighted by molar-refractivity contribution is 0.0733. The lowest BCUT2D eigenvalue weighted by Gasteiger charge is -2.39. The van der Waals surface area contributed by atoms with E-state index < -0.39 is 0 Å². The summed E-state index contributed by atoms with van der Waals surface area (Å²) in [5.41, 5.74) is 6.19. The summed E-state index contributed by atoms with van der Waals surface area (Å²) in [7, 11) is 0. The van der Waals surface area contributed by atoms with Crippen molar-refractivity contribution in [1.29, 1.82) is 0 Å². The molecule has 1 fully saturated rings. The molecule has 0 saturated heterocycles. The van der Waals surface area contributed by atoms with E-state index in [0.717, 1.165) is 42.7 Å². The minimum Gasteiger partial charge on any atom is -0.487 e. The highest BCUT2D eigenvalue weighted by atomic mass is 16.5. The first-order chi connectivity index (χ1) is 21.1. The number of esters is 1. The van der Waals surface area contributed by atoms with Gasteiger partial charge in [0.05, 0.1) is 5.56 Å². The van der Waals surface area contributed by atoms with E-state index in [1.165, 1.54) is 41.5 Å². The van der Waals surface area contributed by atoms with Gasteiger partial charge in [-0.05, 0) is 124 Å². The van der Waals surface area contributed by atoms with Gasteiger partial charge < -0.3 is 14.2 Å². The molecule has 44 heavy (non-hydrogen) atoms. The molecule has 4 heteroatoms. The van der Waals surface area contributed by atoms with Crippen molar-refractivity contribution in [2.24, 2.45) is 0 Å². The molecule has 0 heterocycles. The minimum atomic E-state index is -0.382. The van der Waals surface area contributed by atoms with Crippen molar-refractivity contribution in [3.63, 3.8) is 0 Å². The molecule has 1 saturated carbocycles. The Morgan fingerprint density at radius 2 is 1.23 bits per heavy atom. The molecular weight excluding hydrogens is 544 g/mol. The molecule has 0 bridgehead atoms. The van der Waals surface area contributed by atoms with Gasteiger partial charge in [-0.2, -0.15) is 0 Å². The van der Waals surface area contributed by atoms with E-state index in [1.807, 2.05) is 44.2 Å². The molecule has 0 radical (unpaired) electrons. The Kier molecular flexibility index (Phi) is 9.48. The van der Waals surface area contributed by atoms with Crippen molar-refractivity contribution in [1.82, 2.24) is 0 Å². The Bertz CT molecular complexity index is 1570. The predicted octanol–water partition coefficient (Wildman–Crippen LogP) is 10.8. The monoisotopic (exact) mass is 590 g/mol. The van der Waals surface area contributed by atoms with Crippen LogP contribution in [-0.2, 0) is 5.41 Å². The quantitative estimate of drug-likeness (QED) is 0.136. The van der Waals surface area contributed by atoms with Gasteiger partial charge in [0.15, 0.2) is 0 Å². The molecule has 0 N–H and O–H groups in total. The van der Waals surface area contributed by atoms with E-state index in [0.29, 0.717) is 17.1 Å². The van der Waals surface area contributed by atoms with Crippen LogP contribution in [0.4, 0.5) is 0 Å². The second-order valence-electron chi connectivity index (χ2n) is 12.7. The number of hydrogen-bond donors (Lipinski definition) is 0. The first-order valence-corrected chi connectivity index (χ1v) is 16.1. The Morgan fingerprint density at radius 3 is 1.75 bits per heavy atom. The summed E-state index contributed by atoms with van der Waals surface area (Å²) in [5, 5.41) is 0. The van der Waals surface area contributed by atoms with Crippen molar-refractivity contribution >= 4 is 5.97 Å². The first kappa shape index (κ1) is 31.4. The lowest BCUT2D eigenvalue weighted by atomic mass is 9.65. The summed E-state index contributed by atoms with van der Waals surface area (Å²) >= 11 is 0. The van der Waals surface area contributed by atoms with Crippen molar-refractivity contribution < 1.29 is 19.0 Å². The number of hydrogen-bond acceptors (Lipinski definition) is 4. The van der Waals surface area contributed by atoms with Crippen LogP contribution in [-0.4, -0.2) is 11.6 Å². The molecule has 0 unspecified atom stereocenters. The number of ether oxygens (including phenoxy) is 3. The summed E-state index contributed by atoms with van der Waals surface area (Å²) < 4.78 is 18.3. The smallest absolute Gasteiger partial charge is 0.343 e. The lowest BCUT2D eigenvalue weighted by Crippen LogP contribution is -2.32. The fraction of sp³-hybridized carbons (Fsp3) is 0.375. The first-order valence-electron chi connectivity index (χ1n) is 16.1. The van der Waals surface area contributed by atoms with Crippen LogP contribution in [0, 0.1) is 20.8 Å². The normalized spacial score (nSPS) is 14.6. The van der Waals surface area contributed by atoms with E-state index in [4.69, 9.17) is 14.2 Å². The highest BCUT2D eigenvalue weighted by Gasteiger charge is 2.36. The van der Waals surface area contributed by atoms with Crippen LogP contribution in [0.1, 0.15) is 104 Å². The van der Waals surface area contributed by atoms with Gasteiger partial charge in [0, 0.05) is 5.41 Å². The van der Waals surface area contributed by atoms with Crippen molar-refractivity contribution in [2.75, 3.05) is 0 Å². The summed E-state index contributed by atoms with van der Waals surface area (Å²) in [5.74, 6) is 2.60. The zero-order valence-electron chi connectivity index (χ0n) is 27.2. The summed E-state index contributed by atoms with van der Waals surface area (Å²) in [6, 6.07) is 28.1. The van der Waals surface area contributed by atoms with Gasteiger partial charge in [-0.25, -0.2) is 4.79 Å². The highest BCUT2D eigenvalue weighted by molar-refractivity contribution is 5.91. The van der Waals surface area contributed by atoms with Crippen LogP contribution in [0.2, 0.25) is 0 Å². The molecule has 5 rings (SSSR count). The van der Waals surface area contributed by atoms with E-state index in [9.17, 15) is 4.79 Å². The molecule has 4 aromatic rings. The summed E-state index contributed by atoms with van der Waals surface area (Å²) in [6.07, 6.45) is 7.79. The molecular formula is C40H46O4. The summed E-state index contributed by atoms with van der Waals surface area (Å²) in [6.45, 7) is 12.8. The fourth-order valence-corrected chi connectivity index (χ4v) is 6.24. The third-order valence-corrected chi connectivity index (χ3v) is 9.56. The third-order valence-electron chi connectivity index (χ3n) is 9.56. The van der Waals surface area contributed by atoms with Crippen LogP contribution in [0.3, 0.4) is 0 Å². The maximum absolute atomic E-state index is 13.1. The number of rotatable bonds is 10. The Morgan fingerprint density at radius 1 is 0.705 bits per heavy atom. The molecule has 0 aromatic heterocycles. The van der Waals surface area contributed by atoms with E-state index in [1.54, 1.807) is 24.3 Å². The second kappa shape index (κ2) is 13.3. The largest absolute Gasteiger partial charge is 0.487 e. The number of benzene rings is 4. The van der Waals surface area contributed by atoms with E-state index in [2.05, 4.69) is 58.0 Å². The van der Waals surface area contributed by atoms with Crippen molar-refractivity contribution in [2.45, 2.75) is 97.5 Å². The molecule has 4 nitrogen and oxygen atoms in total. The summed E-state index contributed by atoms with van der Waals surface area (Å²) in [4.78, 5) is 13.1. The Hall–Kier alpha value is -4.05. The van der Waals surface area contributed by atoms with Crippen LogP contribution in [0.15, 0.2) is 84.9 Å². The molecule has 1 aliphatic carbocycles. The maximum Gasteiger partial charge on any atom is 0.343 e. The van der Waals surface area contributed by atoms with Gasteiger partial charge in [0.25, 0.3) is 0 Å². The number of carbonyl (C=O) groups excluding carboxylic acids is 1. The highest BCUT2D eigenvalue weighted by Crippen LogP contribution is 2.47. The average Bonchev–Trinajstić information content (AvgIpc) is 3.04. The molecule has 0 aliphatic heterocycles. The van der Waals surface area contributed by atoms with Gasteiger partial charge >= 0.3 is 5.97 Å². The standard InChI is InChI=1S/C40H46O4/c1-7-39(6,8-2)44-37-23-17-33(27-30(37)5)40(24-10-9-11-25-40)32-16-22-36(29(4)26-32)43-38(41)31-14-20-35(21-15-31)42-34-18-12-28(3)13-19-34/h12-23,26-27H,7-11,24-25H2,1-6H3. The third kappa shape index (κ3) is 6.85. The van der Waals surface area contributed by atoms with Crippen molar-refractivity contribution in [3.05, 3.63) is 118 Å². The molecule has 0 amide bonds. The van der Waals surface area contributed by atoms with Gasteiger partial charge in [0.2, 0.25) is 0 Å². The number of aryl methyl sites for hydroxylation is 3. The maximum atomic E-state index is 13.1. The van der Waals surface area contributed by atoms with E-state index in [-0.39, 0.29) is 17.0 Å². The van der Waals surface area contributed by atoms with Gasteiger partial charge in [-0.15, -0.1) is 0 Å². The van der Waals surface area contributed by atoms with Gasteiger partial charge in [-0.3, -0.25) is 0 Å². The minimum absolute atomic E-state index is 0.0685. The average molecular weight is 591 g/mol. The SMILES string of the molecule is CCC(C)(CC)Oc1ccc(C2(c3ccc(OC(=O)c4ccc(Oc5ccc(C)cc5)cc4)c(C)c3)CCCCC2)cc1C. The van der Waals surface area contributed by atoms with Crippen LogP contribution >= 0.6 is 0 Å². The Balaban J connectivity index is 1.34. The molecule has 0 atom stereocenters. The van der Waals surface area contributed by atoms with Crippen molar-refractivity contribution in [3.8, 4) is 23.0 Å². The Labute approximate surface area is 263 Å². The predicted molar refractivity (Wildman–Crippen MR) is 178 cm³/mol. The zero-order chi connectivity index (χ0) is 31.3. The van der Waals surface area contributed by atoms with Crippen LogP contribution in [0.25, 0.3) is 0 Å². The molecule has 1 aliphatic rings. The van der Waals surface area contributed by atoms with E-state index >= 15 is 0 Å². The van der Waals surface area contributed by atoms with Gasteiger partial charge in [-0.1, -0.05) is 75.1 Å². The second-order valence-corrected chi connectivity index (χ2v) is 12.7. The fourth-order valence-electron chi connectivity index (χ4n) is 6.24. The molecule has 4 aromatic carbocycles. The topological polar surface area (TPSA) is 44.8 Å². The zero-order valence-corrected chi connectivity index (χ0v) is 27.2. The number of carbonyl (C=O) groups is 1.